The van der Waals surface area contributed by atoms with Crippen molar-refractivity contribution in [3.8, 4) is 0 Å². The Morgan fingerprint density at radius 1 is 1.55 bits per heavy atom. The summed E-state index contributed by atoms with van der Waals surface area (Å²) in [5, 5.41) is 0. The van der Waals surface area contributed by atoms with Crippen molar-refractivity contribution in [3.63, 3.8) is 0 Å². The van der Waals surface area contributed by atoms with Crippen molar-refractivity contribution in [2.45, 2.75) is 38.4 Å². The predicted molar refractivity (Wildman–Crippen MR) is 43.3 cm³/mol. The molecule has 1 aliphatic heterocycles. The van der Waals surface area contributed by atoms with E-state index in [1.54, 1.807) is 0 Å². The smallest absolute Gasteiger partial charge is 0.127 e. The van der Waals surface area contributed by atoms with Crippen molar-refractivity contribution in [2.24, 2.45) is 5.92 Å². The second-order valence-electron chi connectivity index (χ2n) is 4.29. The van der Waals surface area contributed by atoms with E-state index in [-0.39, 0.29) is 0 Å². The zero-order valence-corrected chi connectivity index (χ0v) is 7.31. The van der Waals surface area contributed by atoms with Crippen LogP contribution in [0.1, 0.15) is 26.7 Å². The van der Waals surface area contributed by atoms with E-state index in [9.17, 15) is 4.39 Å². The molecule has 2 fully saturated rings. The third-order valence-corrected chi connectivity index (χ3v) is 3.29. The van der Waals surface area contributed by atoms with Gasteiger partial charge in [-0.25, -0.2) is 4.39 Å². The molecule has 0 amide bonds. The third kappa shape index (κ3) is 0.994. The highest BCUT2D eigenvalue weighted by Gasteiger charge is 2.53. The topological polar surface area (TPSA) is 3.24 Å². The molecular formula is C9H16FN. The van der Waals surface area contributed by atoms with Gasteiger partial charge in [-0.2, -0.15) is 0 Å². The fourth-order valence-electron chi connectivity index (χ4n) is 2.20. The quantitative estimate of drug-likeness (QED) is 0.561. The highest BCUT2D eigenvalue weighted by atomic mass is 19.1. The first kappa shape index (κ1) is 7.53. The lowest BCUT2D eigenvalue weighted by molar-refractivity contribution is 0.0274. The Morgan fingerprint density at radius 3 is 2.55 bits per heavy atom. The summed E-state index contributed by atoms with van der Waals surface area (Å²) < 4.78 is 13.7. The van der Waals surface area contributed by atoms with Gasteiger partial charge in [-0.15, -0.1) is 0 Å². The number of hydrogen-bond acceptors (Lipinski definition) is 1. The zero-order chi connectivity index (χ0) is 8.06. The SMILES string of the molecule is CC(C)N1CC2CCC2(F)C1. The molecule has 1 heterocycles. The highest BCUT2D eigenvalue weighted by molar-refractivity contribution is 5.05. The van der Waals surface area contributed by atoms with E-state index in [2.05, 4.69) is 18.7 Å². The second-order valence-corrected chi connectivity index (χ2v) is 4.29. The third-order valence-electron chi connectivity index (χ3n) is 3.29. The van der Waals surface area contributed by atoms with Crippen molar-refractivity contribution >= 4 is 0 Å². The number of likely N-dealkylation sites (tertiary alicyclic amines) is 1. The van der Waals surface area contributed by atoms with Crippen LogP contribution in [0.15, 0.2) is 0 Å². The normalized spacial score (nSPS) is 44.2. The van der Waals surface area contributed by atoms with Crippen LogP contribution in [-0.4, -0.2) is 29.7 Å². The van der Waals surface area contributed by atoms with Crippen LogP contribution in [0.4, 0.5) is 4.39 Å². The standard InChI is InChI=1S/C9H16FN/c1-7(2)11-5-8-3-4-9(8,10)6-11/h7-8H,3-6H2,1-2H3. The van der Waals surface area contributed by atoms with Crippen molar-refractivity contribution in [1.29, 1.82) is 0 Å². The zero-order valence-electron chi connectivity index (χ0n) is 7.31. The number of halogens is 1. The van der Waals surface area contributed by atoms with E-state index in [0.29, 0.717) is 18.5 Å². The lowest BCUT2D eigenvalue weighted by atomic mass is 9.74. The maximum atomic E-state index is 13.7. The van der Waals surface area contributed by atoms with Crippen LogP contribution in [0.3, 0.4) is 0 Å². The molecule has 2 atom stereocenters. The fraction of sp³-hybridized carbons (Fsp3) is 1.00. The largest absolute Gasteiger partial charge is 0.297 e. The van der Waals surface area contributed by atoms with Crippen molar-refractivity contribution in [2.75, 3.05) is 13.1 Å². The van der Waals surface area contributed by atoms with Gasteiger partial charge in [0.25, 0.3) is 0 Å². The number of hydrogen-bond donors (Lipinski definition) is 0. The molecule has 64 valence electrons. The van der Waals surface area contributed by atoms with Crippen LogP contribution in [0.25, 0.3) is 0 Å². The highest BCUT2D eigenvalue weighted by Crippen LogP contribution is 2.47. The molecule has 0 spiro atoms. The molecule has 0 N–H and O–H groups in total. The minimum Gasteiger partial charge on any atom is -0.297 e. The summed E-state index contributed by atoms with van der Waals surface area (Å²) in [6, 6.07) is 0.522. The molecule has 2 aliphatic rings. The molecule has 2 unspecified atom stereocenters. The van der Waals surface area contributed by atoms with Crippen LogP contribution in [0, 0.1) is 5.92 Å². The summed E-state index contributed by atoms with van der Waals surface area (Å²) >= 11 is 0. The predicted octanol–water partition coefficient (Wildman–Crippen LogP) is 1.83. The van der Waals surface area contributed by atoms with Crippen LogP contribution in [0.5, 0.6) is 0 Å². The first-order chi connectivity index (χ1) is 5.12. The number of nitrogens with zero attached hydrogens (tertiary/aromatic N) is 1. The van der Waals surface area contributed by atoms with E-state index < -0.39 is 5.67 Å². The van der Waals surface area contributed by atoms with E-state index in [1.165, 1.54) is 0 Å². The summed E-state index contributed by atoms with van der Waals surface area (Å²) in [6.45, 7) is 5.98. The summed E-state index contributed by atoms with van der Waals surface area (Å²) in [6.07, 6.45) is 1.92. The molecule has 1 saturated carbocycles. The molecule has 2 rings (SSSR count). The Morgan fingerprint density at radius 2 is 2.27 bits per heavy atom. The Bertz CT molecular complexity index is 169. The minimum atomic E-state index is -0.787. The first-order valence-corrected chi connectivity index (χ1v) is 4.55. The molecule has 0 radical (unpaired) electrons. The van der Waals surface area contributed by atoms with Crippen molar-refractivity contribution in [1.82, 2.24) is 4.90 Å². The molecule has 0 aromatic carbocycles. The van der Waals surface area contributed by atoms with E-state index in [0.717, 1.165) is 19.4 Å². The van der Waals surface area contributed by atoms with Crippen molar-refractivity contribution in [3.05, 3.63) is 0 Å². The average molecular weight is 157 g/mol. The minimum absolute atomic E-state index is 0.366. The van der Waals surface area contributed by atoms with Gasteiger partial charge in [0.15, 0.2) is 0 Å². The van der Waals surface area contributed by atoms with E-state index >= 15 is 0 Å². The number of rotatable bonds is 1. The second kappa shape index (κ2) is 2.19. The van der Waals surface area contributed by atoms with Gasteiger partial charge in [0.05, 0.1) is 0 Å². The molecule has 1 aliphatic carbocycles. The summed E-state index contributed by atoms with van der Waals surface area (Å²) in [5.74, 6) is 0.366. The summed E-state index contributed by atoms with van der Waals surface area (Å²) in [5.41, 5.74) is -0.787. The van der Waals surface area contributed by atoms with Gasteiger partial charge < -0.3 is 0 Å². The van der Waals surface area contributed by atoms with Crippen LogP contribution < -0.4 is 0 Å². The molecule has 1 saturated heterocycles. The molecule has 0 bridgehead atoms. The van der Waals surface area contributed by atoms with Gasteiger partial charge in [0.1, 0.15) is 5.67 Å². The van der Waals surface area contributed by atoms with Gasteiger partial charge >= 0.3 is 0 Å². The maximum absolute atomic E-state index is 13.7. The molecule has 1 nitrogen and oxygen atoms in total. The summed E-state index contributed by atoms with van der Waals surface area (Å²) in [4.78, 5) is 2.26. The average Bonchev–Trinajstić information content (AvgIpc) is 2.13. The van der Waals surface area contributed by atoms with Gasteiger partial charge in [-0.1, -0.05) is 0 Å². The summed E-state index contributed by atoms with van der Waals surface area (Å²) in [7, 11) is 0. The Kier molecular flexibility index (Phi) is 1.50. The van der Waals surface area contributed by atoms with Gasteiger partial charge in [-0.3, -0.25) is 4.90 Å². The van der Waals surface area contributed by atoms with Crippen molar-refractivity contribution < 1.29 is 4.39 Å². The van der Waals surface area contributed by atoms with Gasteiger partial charge in [-0.05, 0) is 26.7 Å². The van der Waals surface area contributed by atoms with Gasteiger partial charge in [0, 0.05) is 25.0 Å². The Labute approximate surface area is 67.6 Å². The van der Waals surface area contributed by atoms with Crippen LogP contribution >= 0.6 is 0 Å². The maximum Gasteiger partial charge on any atom is 0.127 e. The number of alkyl halides is 1. The lowest BCUT2D eigenvalue weighted by Gasteiger charge is -2.36. The molecule has 11 heavy (non-hydrogen) atoms. The van der Waals surface area contributed by atoms with Gasteiger partial charge in [0.2, 0.25) is 0 Å². The molecule has 2 heteroatoms. The lowest BCUT2D eigenvalue weighted by Crippen LogP contribution is -2.42. The Balaban J connectivity index is 2.02. The molecule has 0 aromatic heterocycles. The molecular weight excluding hydrogens is 141 g/mol. The first-order valence-electron chi connectivity index (χ1n) is 4.55. The molecule has 0 aromatic rings. The fourth-order valence-corrected chi connectivity index (χ4v) is 2.20. The monoisotopic (exact) mass is 157 g/mol. The van der Waals surface area contributed by atoms with E-state index in [4.69, 9.17) is 0 Å². The Hall–Kier alpha value is -0.110. The van der Waals surface area contributed by atoms with E-state index in [1.807, 2.05) is 0 Å². The number of fused-ring (bicyclic) bond motifs is 1. The van der Waals surface area contributed by atoms with Crippen LogP contribution in [-0.2, 0) is 0 Å². The van der Waals surface area contributed by atoms with Crippen LogP contribution in [0.2, 0.25) is 0 Å².